The van der Waals surface area contributed by atoms with Crippen LogP contribution in [0.4, 0.5) is 11.4 Å². The van der Waals surface area contributed by atoms with Crippen LogP contribution in [0.15, 0.2) is 61.2 Å². The van der Waals surface area contributed by atoms with Crippen molar-refractivity contribution in [3.05, 3.63) is 94.6 Å². The molecule has 4 aromatic rings. The maximum Gasteiger partial charge on any atom is 0.255 e. The normalized spacial score (nSPS) is 20.6. The molecule has 0 saturated heterocycles. The van der Waals surface area contributed by atoms with E-state index in [-0.39, 0.29) is 55.1 Å². The van der Waals surface area contributed by atoms with Gasteiger partial charge in [0, 0.05) is 67.6 Å². The Morgan fingerprint density at radius 3 is 1.62 bits per heavy atom. The highest BCUT2D eigenvalue weighted by Gasteiger charge is 2.40. The van der Waals surface area contributed by atoms with E-state index in [9.17, 15) is 9.59 Å². The third kappa shape index (κ3) is 9.60. The summed E-state index contributed by atoms with van der Waals surface area (Å²) in [6, 6.07) is 13.4. The number of nitrogens with zero attached hydrogens (tertiary/aromatic N) is 4. The van der Waals surface area contributed by atoms with E-state index in [0.717, 1.165) is 17.7 Å². The second-order valence-corrected chi connectivity index (χ2v) is 13.0. The second-order valence-electron chi connectivity index (χ2n) is 13.0. The molecule has 3 aliphatic rings. The average Bonchev–Trinajstić information content (AvgIpc) is 3.68. The number of hydrogen-bond donors (Lipinski definition) is 4. The highest BCUT2D eigenvalue weighted by Crippen LogP contribution is 2.44. The molecule has 13 heteroatoms. The standard InChI is InChI=1S/C20H26N4O.C15H18N4O.3ClH/c1-13-7-8-14(20(25)23-16-11-21-24(2)12-16)9-17(13)18-10-19(18)22-15-5-3-4-6-15;1-9-3-4-10(5-12(9)13-6-14(13)16)15(20)18-11-7-17-19(2)8-11;;;/h7-9,11-12,15,18-19,22H,3-6,10H2,1-2H3,(H,23,25);3-5,7-8,13-14H,6,16H2,1-2H3,(H,18,20);3*1H. The van der Waals surface area contributed by atoms with E-state index in [1.807, 2.05) is 38.4 Å². The number of rotatable bonds is 8. The van der Waals surface area contributed by atoms with Gasteiger partial charge in [-0.15, -0.1) is 37.2 Å². The molecule has 7 rings (SSSR count). The quantitative estimate of drug-likeness (QED) is 0.166. The van der Waals surface area contributed by atoms with Gasteiger partial charge in [0.25, 0.3) is 11.8 Å². The Labute approximate surface area is 301 Å². The Hall–Kier alpha value is -3.41. The molecule has 0 bridgehead atoms. The molecule has 3 aliphatic carbocycles. The molecule has 10 nitrogen and oxygen atoms in total. The number of nitrogens with one attached hydrogen (secondary N) is 3. The predicted molar refractivity (Wildman–Crippen MR) is 198 cm³/mol. The van der Waals surface area contributed by atoms with Gasteiger partial charge in [0.2, 0.25) is 0 Å². The molecule has 0 aliphatic heterocycles. The fourth-order valence-corrected chi connectivity index (χ4v) is 6.43. The van der Waals surface area contributed by atoms with E-state index in [0.29, 0.717) is 35.2 Å². The number of aromatic nitrogens is 4. The van der Waals surface area contributed by atoms with E-state index < -0.39 is 0 Å². The molecule has 260 valence electrons. The van der Waals surface area contributed by atoms with Gasteiger partial charge in [-0.25, -0.2) is 0 Å². The van der Waals surface area contributed by atoms with Crippen LogP contribution in [0.3, 0.4) is 0 Å². The highest BCUT2D eigenvalue weighted by molar-refractivity contribution is 6.05. The van der Waals surface area contributed by atoms with E-state index in [2.05, 4.69) is 52.1 Å². The van der Waals surface area contributed by atoms with Gasteiger partial charge in [-0.2, -0.15) is 10.2 Å². The number of halogens is 3. The van der Waals surface area contributed by atoms with Gasteiger partial charge in [-0.05, 0) is 86.1 Å². The summed E-state index contributed by atoms with van der Waals surface area (Å²) in [6.07, 6.45) is 14.4. The Bertz CT molecular complexity index is 1700. The fourth-order valence-electron chi connectivity index (χ4n) is 6.43. The van der Waals surface area contributed by atoms with Crippen molar-refractivity contribution in [3.8, 4) is 0 Å². The van der Waals surface area contributed by atoms with Crippen LogP contribution in [0.1, 0.15) is 93.3 Å². The lowest BCUT2D eigenvalue weighted by atomic mass is 10.0. The van der Waals surface area contributed by atoms with E-state index in [1.54, 1.807) is 34.2 Å². The molecule has 0 spiro atoms. The lowest BCUT2D eigenvalue weighted by molar-refractivity contribution is 0.101. The molecule has 3 fully saturated rings. The number of carbonyl (C=O) groups excluding carboxylic acids is 2. The van der Waals surface area contributed by atoms with Gasteiger partial charge in [-0.1, -0.05) is 25.0 Å². The van der Waals surface area contributed by atoms with Crippen molar-refractivity contribution >= 4 is 60.4 Å². The Balaban J connectivity index is 0.000000250. The summed E-state index contributed by atoms with van der Waals surface area (Å²) in [5.41, 5.74) is 13.7. The summed E-state index contributed by atoms with van der Waals surface area (Å²) in [5, 5.41) is 17.7. The Morgan fingerprint density at radius 1 is 0.750 bits per heavy atom. The van der Waals surface area contributed by atoms with Crippen LogP contribution in [-0.4, -0.2) is 49.5 Å². The van der Waals surface area contributed by atoms with Crippen molar-refractivity contribution < 1.29 is 9.59 Å². The van der Waals surface area contributed by atoms with Gasteiger partial charge in [0.15, 0.2) is 0 Å². The minimum atomic E-state index is -0.117. The summed E-state index contributed by atoms with van der Waals surface area (Å²) in [6.45, 7) is 4.20. The Morgan fingerprint density at radius 2 is 1.21 bits per heavy atom. The van der Waals surface area contributed by atoms with Crippen LogP contribution in [0.5, 0.6) is 0 Å². The lowest BCUT2D eigenvalue weighted by Crippen LogP contribution is -2.29. The van der Waals surface area contributed by atoms with Crippen molar-refractivity contribution in [2.24, 2.45) is 19.8 Å². The number of aryl methyl sites for hydroxylation is 4. The second kappa shape index (κ2) is 16.8. The lowest BCUT2D eigenvalue weighted by Gasteiger charge is -2.13. The predicted octanol–water partition coefficient (Wildman–Crippen LogP) is 6.43. The molecule has 48 heavy (non-hydrogen) atoms. The van der Waals surface area contributed by atoms with Crippen LogP contribution < -0.4 is 21.7 Å². The first-order valence-electron chi connectivity index (χ1n) is 16.0. The average molecular weight is 718 g/mol. The van der Waals surface area contributed by atoms with Gasteiger partial charge in [0.1, 0.15) is 0 Å². The number of anilines is 2. The zero-order valence-electron chi connectivity index (χ0n) is 27.8. The maximum atomic E-state index is 12.5. The van der Waals surface area contributed by atoms with Gasteiger partial charge < -0.3 is 21.7 Å². The van der Waals surface area contributed by atoms with E-state index in [4.69, 9.17) is 5.73 Å². The number of benzene rings is 2. The molecule has 4 unspecified atom stereocenters. The van der Waals surface area contributed by atoms with Gasteiger partial charge in [-0.3, -0.25) is 19.0 Å². The van der Waals surface area contributed by atoms with Gasteiger partial charge >= 0.3 is 0 Å². The van der Waals surface area contributed by atoms with Crippen molar-refractivity contribution in [1.29, 1.82) is 0 Å². The molecule has 3 saturated carbocycles. The molecule has 5 N–H and O–H groups in total. The minimum absolute atomic E-state index is 0. The van der Waals surface area contributed by atoms with Crippen molar-refractivity contribution in [3.63, 3.8) is 0 Å². The van der Waals surface area contributed by atoms with Crippen LogP contribution in [0.25, 0.3) is 0 Å². The number of amides is 2. The first-order chi connectivity index (χ1) is 21.6. The highest BCUT2D eigenvalue weighted by atomic mass is 35.5. The summed E-state index contributed by atoms with van der Waals surface area (Å²) in [7, 11) is 3.65. The summed E-state index contributed by atoms with van der Waals surface area (Å²) >= 11 is 0. The van der Waals surface area contributed by atoms with Crippen LogP contribution in [-0.2, 0) is 14.1 Å². The number of carbonyl (C=O) groups is 2. The molecule has 2 amide bonds. The molecule has 0 radical (unpaired) electrons. The zero-order chi connectivity index (χ0) is 31.7. The first-order valence-corrected chi connectivity index (χ1v) is 16.0. The monoisotopic (exact) mass is 716 g/mol. The zero-order valence-corrected chi connectivity index (χ0v) is 30.3. The van der Waals surface area contributed by atoms with Crippen molar-refractivity contribution in [2.45, 2.75) is 82.3 Å². The van der Waals surface area contributed by atoms with Gasteiger partial charge in [0.05, 0.1) is 23.8 Å². The minimum Gasteiger partial charge on any atom is -0.327 e. The summed E-state index contributed by atoms with van der Waals surface area (Å²) in [4.78, 5) is 24.8. The molecule has 2 aromatic carbocycles. The van der Waals surface area contributed by atoms with E-state index in [1.165, 1.54) is 54.4 Å². The SMILES string of the molecule is Cc1ccc(C(=O)Nc2cnn(C)c2)cc1C1CC1N.Cc1ccc(C(=O)Nc2cnn(C)c2)cc1C1CC1NC1CCCC1.Cl.Cl.Cl. The molecule has 2 heterocycles. The number of nitrogens with two attached hydrogens (primary N) is 1. The topological polar surface area (TPSA) is 132 Å². The molecule has 2 aromatic heterocycles. The van der Waals surface area contributed by atoms with Crippen LogP contribution >= 0.6 is 37.2 Å². The largest absolute Gasteiger partial charge is 0.327 e. The first kappa shape index (κ1) is 39.0. The number of hydrogen-bond acceptors (Lipinski definition) is 6. The van der Waals surface area contributed by atoms with Crippen molar-refractivity contribution in [2.75, 3.05) is 10.6 Å². The van der Waals surface area contributed by atoms with E-state index >= 15 is 0 Å². The third-order valence-electron chi connectivity index (χ3n) is 9.24. The smallest absolute Gasteiger partial charge is 0.255 e. The molecular weight excluding hydrogens is 671 g/mol. The Kier molecular flexibility index (Phi) is 13.7. The molecule has 4 atom stereocenters. The van der Waals surface area contributed by atoms with Crippen molar-refractivity contribution in [1.82, 2.24) is 24.9 Å². The van der Waals surface area contributed by atoms with Crippen LogP contribution in [0, 0.1) is 13.8 Å². The maximum absolute atomic E-state index is 12.5. The van der Waals surface area contributed by atoms with Crippen LogP contribution in [0.2, 0.25) is 0 Å². The third-order valence-corrected chi connectivity index (χ3v) is 9.24. The summed E-state index contributed by atoms with van der Waals surface area (Å²) in [5.74, 6) is 0.761. The summed E-state index contributed by atoms with van der Waals surface area (Å²) < 4.78 is 3.33. The molecular formula is C35H47Cl3N8O2. The fraction of sp³-hybridized carbons (Fsp3) is 0.429.